The van der Waals surface area contributed by atoms with Crippen LogP contribution in [0, 0.1) is 6.92 Å². The quantitative estimate of drug-likeness (QED) is 0.638. The summed E-state index contributed by atoms with van der Waals surface area (Å²) >= 11 is 0. The second-order valence-corrected chi connectivity index (χ2v) is 7.36. The molecule has 3 aromatic rings. The van der Waals surface area contributed by atoms with Crippen LogP contribution in [0.5, 0.6) is 5.75 Å². The van der Waals surface area contributed by atoms with Crippen molar-refractivity contribution < 1.29 is 13.2 Å². The van der Waals surface area contributed by atoms with Crippen molar-refractivity contribution in [3.05, 3.63) is 48.0 Å². The summed E-state index contributed by atoms with van der Waals surface area (Å²) in [6, 6.07) is 5.07. The van der Waals surface area contributed by atoms with E-state index >= 15 is 0 Å². The number of nitrogens with zero attached hydrogens (tertiary/aromatic N) is 4. The zero-order valence-corrected chi connectivity index (χ0v) is 14.8. The van der Waals surface area contributed by atoms with Gasteiger partial charge in [-0.1, -0.05) is 6.07 Å². The number of nitrogens with one attached hydrogen (secondary N) is 1. The van der Waals surface area contributed by atoms with E-state index in [0.717, 1.165) is 11.1 Å². The molecule has 0 atom stereocenters. The minimum Gasteiger partial charge on any atom is -0.495 e. The summed E-state index contributed by atoms with van der Waals surface area (Å²) in [5, 5.41) is 4.03. The van der Waals surface area contributed by atoms with E-state index in [1.807, 2.05) is 19.2 Å². The lowest BCUT2D eigenvalue weighted by atomic mass is 10.2. The van der Waals surface area contributed by atoms with Gasteiger partial charge < -0.3 is 4.74 Å². The van der Waals surface area contributed by atoms with E-state index in [2.05, 4.69) is 19.8 Å². The molecule has 8 nitrogen and oxygen atoms in total. The number of rotatable bonds is 7. The van der Waals surface area contributed by atoms with Gasteiger partial charge >= 0.3 is 0 Å². The molecule has 0 amide bonds. The van der Waals surface area contributed by atoms with Crippen molar-refractivity contribution in [1.29, 1.82) is 0 Å². The van der Waals surface area contributed by atoms with Crippen LogP contribution in [0.3, 0.4) is 0 Å². The van der Waals surface area contributed by atoms with Crippen LogP contribution in [-0.2, 0) is 16.4 Å². The van der Waals surface area contributed by atoms with Crippen molar-refractivity contribution in [3.63, 3.8) is 0 Å². The van der Waals surface area contributed by atoms with Crippen molar-refractivity contribution in [2.75, 3.05) is 13.7 Å². The largest absolute Gasteiger partial charge is 0.495 e. The van der Waals surface area contributed by atoms with Crippen molar-refractivity contribution in [2.45, 2.75) is 24.7 Å². The molecule has 0 saturated heterocycles. The van der Waals surface area contributed by atoms with Crippen LogP contribution in [-0.4, -0.2) is 41.7 Å². The summed E-state index contributed by atoms with van der Waals surface area (Å²) < 4.78 is 34.3. The molecule has 0 aliphatic rings. The Morgan fingerprint density at radius 1 is 1.28 bits per heavy atom. The van der Waals surface area contributed by atoms with Crippen LogP contribution in [0.25, 0.3) is 5.78 Å². The number of ether oxygens (including phenoxy) is 1. The van der Waals surface area contributed by atoms with E-state index < -0.39 is 10.0 Å². The lowest BCUT2D eigenvalue weighted by molar-refractivity contribution is 0.402. The summed E-state index contributed by atoms with van der Waals surface area (Å²) in [7, 11) is -2.17. The van der Waals surface area contributed by atoms with Crippen molar-refractivity contribution in [3.8, 4) is 5.75 Å². The highest BCUT2D eigenvalue weighted by Crippen LogP contribution is 2.24. The van der Waals surface area contributed by atoms with E-state index in [9.17, 15) is 8.42 Å². The first kappa shape index (κ1) is 17.3. The molecule has 2 aromatic heterocycles. The first-order valence-electron chi connectivity index (χ1n) is 7.78. The zero-order valence-electron chi connectivity index (χ0n) is 14.0. The minimum absolute atomic E-state index is 0.153. The number of hydrogen-bond donors (Lipinski definition) is 1. The van der Waals surface area contributed by atoms with Gasteiger partial charge in [-0.15, -0.1) is 0 Å². The third-order valence-electron chi connectivity index (χ3n) is 3.73. The van der Waals surface area contributed by atoms with Gasteiger partial charge in [0.25, 0.3) is 5.78 Å². The predicted molar refractivity (Wildman–Crippen MR) is 92.0 cm³/mol. The highest BCUT2D eigenvalue weighted by molar-refractivity contribution is 7.89. The average molecular weight is 361 g/mol. The number of fused-ring (bicyclic) bond motifs is 1. The zero-order chi connectivity index (χ0) is 17.9. The van der Waals surface area contributed by atoms with Crippen LogP contribution in [0.15, 0.2) is 41.8 Å². The van der Waals surface area contributed by atoms with Gasteiger partial charge in [0.05, 0.1) is 7.11 Å². The molecule has 1 N–H and O–H groups in total. The Bertz CT molecular complexity index is 984. The maximum Gasteiger partial charge on any atom is 0.252 e. The second-order valence-electron chi connectivity index (χ2n) is 5.62. The predicted octanol–water partition coefficient (Wildman–Crippen LogP) is 1.35. The molecule has 1 aromatic carbocycles. The molecule has 0 bridgehead atoms. The van der Waals surface area contributed by atoms with Gasteiger partial charge in [-0.25, -0.2) is 22.6 Å². The van der Waals surface area contributed by atoms with Crippen molar-refractivity contribution >= 4 is 15.8 Å². The van der Waals surface area contributed by atoms with Crippen LogP contribution >= 0.6 is 0 Å². The highest BCUT2D eigenvalue weighted by atomic mass is 32.2. The molecule has 25 heavy (non-hydrogen) atoms. The third kappa shape index (κ3) is 3.94. The number of hydrogen-bond acceptors (Lipinski definition) is 6. The Labute approximate surface area is 145 Å². The Balaban J connectivity index is 1.61. The first-order valence-corrected chi connectivity index (χ1v) is 9.26. The second kappa shape index (κ2) is 7.16. The summed E-state index contributed by atoms with van der Waals surface area (Å²) in [6.07, 6.45) is 6.32. The van der Waals surface area contributed by atoms with Gasteiger partial charge in [0.1, 0.15) is 17.0 Å². The van der Waals surface area contributed by atoms with Gasteiger partial charge in [-0.05, 0) is 43.0 Å². The Kier molecular flexibility index (Phi) is 4.95. The number of sulfonamides is 1. The number of benzene rings is 1. The normalized spacial score (nSPS) is 11.8. The van der Waals surface area contributed by atoms with E-state index in [4.69, 9.17) is 4.74 Å². The molecule has 0 aliphatic heterocycles. The van der Waals surface area contributed by atoms with Crippen molar-refractivity contribution in [1.82, 2.24) is 24.3 Å². The molecule has 0 radical (unpaired) electrons. The lowest BCUT2D eigenvalue weighted by Crippen LogP contribution is -2.25. The highest BCUT2D eigenvalue weighted by Gasteiger charge is 2.19. The molecule has 9 heteroatoms. The number of aromatic nitrogens is 4. The molecule has 132 valence electrons. The fraction of sp³-hybridized carbons (Fsp3) is 0.312. The molecule has 0 aliphatic carbocycles. The molecule has 0 unspecified atom stereocenters. The molecule has 2 heterocycles. The standard InChI is InChI=1S/C16H19N5O3S/c1-12-5-6-14(24-2)15(8-12)25(22,23)20-7-3-4-13-9-17-16-18-11-19-21(16)10-13/h5-6,8-11,20H,3-4,7H2,1-2H3. The molecule has 0 spiro atoms. The molecular formula is C16H19N5O3S. The monoisotopic (exact) mass is 361 g/mol. The number of aryl methyl sites for hydroxylation is 2. The summed E-state index contributed by atoms with van der Waals surface area (Å²) in [5.41, 5.74) is 1.82. The van der Waals surface area contributed by atoms with Gasteiger partial charge in [0, 0.05) is 18.9 Å². The van der Waals surface area contributed by atoms with Gasteiger partial charge in [-0.2, -0.15) is 10.1 Å². The van der Waals surface area contributed by atoms with Gasteiger partial charge in [0.2, 0.25) is 10.0 Å². The topological polar surface area (TPSA) is 98.5 Å². The molecule has 0 saturated carbocycles. The summed E-state index contributed by atoms with van der Waals surface area (Å²) in [5.74, 6) is 0.870. The van der Waals surface area contributed by atoms with Gasteiger partial charge in [0.15, 0.2) is 0 Å². The maximum absolute atomic E-state index is 12.5. The van der Waals surface area contributed by atoms with Crippen LogP contribution in [0.2, 0.25) is 0 Å². The first-order chi connectivity index (χ1) is 12.0. The Hall–Kier alpha value is -2.52. The molecular weight excluding hydrogens is 342 g/mol. The maximum atomic E-state index is 12.5. The lowest BCUT2D eigenvalue weighted by Gasteiger charge is -2.11. The third-order valence-corrected chi connectivity index (χ3v) is 5.21. The minimum atomic E-state index is -3.62. The SMILES string of the molecule is COc1ccc(C)cc1S(=O)(=O)NCCCc1cnc2ncnn2c1. The smallest absolute Gasteiger partial charge is 0.252 e. The van der Waals surface area contributed by atoms with Crippen LogP contribution in [0.4, 0.5) is 0 Å². The summed E-state index contributed by atoms with van der Waals surface area (Å²) in [4.78, 5) is 8.32. The van der Waals surface area contributed by atoms with Crippen molar-refractivity contribution in [2.24, 2.45) is 0 Å². The molecule has 3 rings (SSSR count). The van der Waals surface area contributed by atoms with Crippen LogP contribution in [0.1, 0.15) is 17.5 Å². The van der Waals surface area contributed by atoms with E-state index in [-0.39, 0.29) is 4.90 Å². The average Bonchev–Trinajstić information content (AvgIpc) is 3.06. The van der Waals surface area contributed by atoms with E-state index in [0.29, 0.717) is 30.9 Å². The fourth-order valence-electron chi connectivity index (χ4n) is 2.46. The van der Waals surface area contributed by atoms with E-state index in [1.165, 1.54) is 13.4 Å². The van der Waals surface area contributed by atoms with E-state index in [1.54, 1.807) is 22.8 Å². The Morgan fingerprint density at radius 3 is 2.92 bits per heavy atom. The van der Waals surface area contributed by atoms with Gasteiger partial charge in [-0.3, -0.25) is 0 Å². The molecule has 0 fully saturated rings. The number of methoxy groups -OCH3 is 1. The fourth-order valence-corrected chi connectivity index (χ4v) is 3.78. The summed E-state index contributed by atoms with van der Waals surface area (Å²) in [6.45, 7) is 2.15. The Morgan fingerprint density at radius 2 is 2.12 bits per heavy atom. The van der Waals surface area contributed by atoms with Crippen LogP contribution < -0.4 is 9.46 Å².